The first-order chi connectivity index (χ1) is 11.2. The molecule has 5 heteroatoms. The van der Waals surface area contributed by atoms with Gasteiger partial charge in [-0.3, -0.25) is 4.79 Å². The van der Waals surface area contributed by atoms with E-state index in [9.17, 15) is 9.18 Å². The molecule has 0 unspecified atom stereocenters. The van der Waals surface area contributed by atoms with E-state index in [0.29, 0.717) is 17.9 Å². The Hall–Kier alpha value is -2.17. The minimum Gasteiger partial charge on any atom is -0.351 e. The molecule has 1 aliphatic rings. The number of hydrogen-bond acceptors (Lipinski definition) is 2. The topological polar surface area (TPSA) is 46.9 Å². The van der Waals surface area contributed by atoms with Gasteiger partial charge in [-0.1, -0.05) is 37.8 Å². The summed E-state index contributed by atoms with van der Waals surface area (Å²) in [6.07, 6.45) is 9.16. The molecule has 3 rings (SSSR count). The predicted molar refractivity (Wildman–Crippen MR) is 87.0 cm³/mol. The molecule has 0 saturated heterocycles. The van der Waals surface area contributed by atoms with E-state index in [2.05, 4.69) is 10.4 Å². The van der Waals surface area contributed by atoms with Gasteiger partial charge >= 0.3 is 0 Å². The zero-order chi connectivity index (χ0) is 16.1. The second-order valence-corrected chi connectivity index (χ2v) is 6.15. The van der Waals surface area contributed by atoms with Crippen molar-refractivity contribution in [2.24, 2.45) is 5.92 Å². The minimum atomic E-state index is -0.362. The quantitative estimate of drug-likeness (QED) is 0.826. The molecule has 1 N–H and O–H groups in total. The summed E-state index contributed by atoms with van der Waals surface area (Å²) in [7, 11) is 0. The fourth-order valence-corrected chi connectivity index (χ4v) is 3.20. The molecule has 1 aromatic heterocycles. The van der Waals surface area contributed by atoms with Crippen LogP contribution in [-0.2, 0) is 0 Å². The summed E-state index contributed by atoms with van der Waals surface area (Å²) in [5.41, 5.74) is 0.655. The van der Waals surface area contributed by atoms with Gasteiger partial charge in [-0.05, 0) is 37.0 Å². The lowest BCUT2D eigenvalue weighted by Gasteiger charge is -2.08. The molecule has 0 aliphatic heterocycles. The van der Waals surface area contributed by atoms with Gasteiger partial charge < -0.3 is 5.32 Å². The van der Waals surface area contributed by atoms with Crippen LogP contribution in [0.2, 0.25) is 0 Å². The molecule has 0 bridgehead atoms. The third kappa shape index (κ3) is 3.97. The number of hydrogen-bond donors (Lipinski definition) is 1. The molecule has 1 fully saturated rings. The molecule has 2 aromatic rings. The number of para-hydroxylation sites is 1. The Balaban J connectivity index is 1.51. The number of halogens is 1. The highest BCUT2D eigenvalue weighted by Crippen LogP contribution is 2.28. The van der Waals surface area contributed by atoms with Crippen LogP contribution in [-0.4, -0.2) is 22.2 Å². The van der Waals surface area contributed by atoms with E-state index in [4.69, 9.17) is 0 Å². The van der Waals surface area contributed by atoms with Crippen molar-refractivity contribution in [2.45, 2.75) is 38.5 Å². The van der Waals surface area contributed by atoms with E-state index in [1.807, 2.05) is 0 Å². The first-order valence-corrected chi connectivity index (χ1v) is 8.33. The van der Waals surface area contributed by atoms with Crippen molar-refractivity contribution in [3.63, 3.8) is 0 Å². The Bertz CT molecular complexity index is 662. The monoisotopic (exact) mass is 315 g/mol. The third-order valence-corrected chi connectivity index (χ3v) is 4.47. The van der Waals surface area contributed by atoms with Gasteiger partial charge in [0, 0.05) is 12.7 Å². The van der Waals surface area contributed by atoms with Crippen LogP contribution in [0, 0.1) is 11.7 Å². The lowest BCUT2D eigenvalue weighted by Crippen LogP contribution is -2.25. The molecule has 1 aromatic carbocycles. The highest BCUT2D eigenvalue weighted by atomic mass is 19.1. The largest absolute Gasteiger partial charge is 0.351 e. The Morgan fingerprint density at radius 1 is 1.26 bits per heavy atom. The molecule has 122 valence electrons. The van der Waals surface area contributed by atoms with E-state index in [0.717, 1.165) is 12.3 Å². The molecule has 1 amide bonds. The van der Waals surface area contributed by atoms with Gasteiger partial charge in [-0.25, -0.2) is 9.07 Å². The number of amides is 1. The molecule has 1 heterocycles. The SMILES string of the molecule is O=C(NCCCC1CCCC1)c1ccn(-c2ccccc2F)n1. The number of carbonyl (C=O) groups is 1. The van der Waals surface area contributed by atoms with Crippen molar-refractivity contribution in [3.8, 4) is 5.69 Å². The fourth-order valence-electron chi connectivity index (χ4n) is 3.20. The summed E-state index contributed by atoms with van der Waals surface area (Å²) in [5.74, 6) is 0.276. The second-order valence-electron chi connectivity index (χ2n) is 6.15. The van der Waals surface area contributed by atoms with Crippen molar-refractivity contribution < 1.29 is 9.18 Å². The van der Waals surface area contributed by atoms with E-state index >= 15 is 0 Å². The second kappa shape index (κ2) is 7.40. The highest BCUT2D eigenvalue weighted by molar-refractivity contribution is 5.92. The smallest absolute Gasteiger partial charge is 0.271 e. The van der Waals surface area contributed by atoms with Gasteiger partial charge in [-0.2, -0.15) is 5.10 Å². The lowest BCUT2D eigenvalue weighted by atomic mass is 10.0. The summed E-state index contributed by atoms with van der Waals surface area (Å²) < 4.78 is 15.1. The maximum absolute atomic E-state index is 13.7. The zero-order valence-electron chi connectivity index (χ0n) is 13.2. The summed E-state index contributed by atoms with van der Waals surface area (Å²) in [4.78, 5) is 12.1. The standard InChI is InChI=1S/C18H22FN3O/c19-15-9-3-4-10-17(15)22-13-11-16(21-22)18(23)20-12-5-8-14-6-1-2-7-14/h3-4,9-11,13-14H,1-2,5-8,12H2,(H,20,23). The van der Waals surface area contributed by atoms with Crippen LogP contribution in [0.4, 0.5) is 4.39 Å². The van der Waals surface area contributed by atoms with Crippen molar-refractivity contribution in [1.29, 1.82) is 0 Å². The Labute approximate surface area is 135 Å². The molecule has 23 heavy (non-hydrogen) atoms. The third-order valence-electron chi connectivity index (χ3n) is 4.47. The predicted octanol–water partition coefficient (Wildman–Crippen LogP) is 3.71. The maximum Gasteiger partial charge on any atom is 0.271 e. The Morgan fingerprint density at radius 2 is 2.04 bits per heavy atom. The summed E-state index contributed by atoms with van der Waals surface area (Å²) in [6.45, 7) is 0.669. The summed E-state index contributed by atoms with van der Waals surface area (Å²) in [5, 5.41) is 7.06. The number of nitrogens with zero attached hydrogens (tertiary/aromatic N) is 2. The molecule has 1 saturated carbocycles. The van der Waals surface area contributed by atoms with Gasteiger partial charge in [0.1, 0.15) is 11.5 Å². The van der Waals surface area contributed by atoms with Gasteiger partial charge in [-0.15, -0.1) is 0 Å². The van der Waals surface area contributed by atoms with E-state index in [1.54, 1.807) is 30.5 Å². The van der Waals surface area contributed by atoms with Gasteiger partial charge in [0.15, 0.2) is 5.69 Å². The normalized spacial score (nSPS) is 15.0. The van der Waals surface area contributed by atoms with Crippen LogP contribution in [0.15, 0.2) is 36.5 Å². The first-order valence-electron chi connectivity index (χ1n) is 8.33. The maximum atomic E-state index is 13.7. The van der Waals surface area contributed by atoms with E-state index in [1.165, 1.54) is 42.9 Å². The molecular weight excluding hydrogens is 293 g/mol. The molecule has 0 atom stereocenters. The number of rotatable bonds is 6. The molecule has 1 aliphatic carbocycles. The van der Waals surface area contributed by atoms with Gasteiger partial charge in [0.25, 0.3) is 5.91 Å². The van der Waals surface area contributed by atoms with Crippen molar-refractivity contribution in [3.05, 3.63) is 48.0 Å². The molecule has 0 spiro atoms. The van der Waals surface area contributed by atoms with Crippen LogP contribution >= 0.6 is 0 Å². The van der Waals surface area contributed by atoms with Crippen LogP contribution < -0.4 is 5.32 Å². The number of benzene rings is 1. The molecule has 4 nitrogen and oxygen atoms in total. The lowest BCUT2D eigenvalue weighted by molar-refractivity contribution is 0.0947. The number of carbonyl (C=O) groups excluding carboxylic acids is 1. The van der Waals surface area contributed by atoms with Crippen LogP contribution in [0.3, 0.4) is 0 Å². The van der Waals surface area contributed by atoms with Gasteiger partial charge in [0.05, 0.1) is 0 Å². The van der Waals surface area contributed by atoms with Gasteiger partial charge in [0.2, 0.25) is 0 Å². The average Bonchev–Trinajstić information content (AvgIpc) is 3.23. The number of aromatic nitrogens is 2. The average molecular weight is 315 g/mol. The van der Waals surface area contributed by atoms with Crippen molar-refractivity contribution >= 4 is 5.91 Å². The van der Waals surface area contributed by atoms with Crippen molar-refractivity contribution in [2.75, 3.05) is 6.54 Å². The van der Waals surface area contributed by atoms with Crippen LogP contribution in [0.5, 0.6) is 0 Å². The van der Waals surface area contributed by atoms with Crippen LogP contribution in [0.1, 0.15) is 49.0 Å². The summed E-state index contributed by atoms with van der Waals surface area (Å²) >= 11 is 0. The fraction of sp³-hybridized carbons (Fsp3) is 0.444. The molecule has 0 radical (unpaired) electrons. The van der Waals surface area contributed by atoms with E-state index < -0.39 is 0 Å². The first kappa shape index (κ1) is 15.7. The Morgan fingerprint density at radius 3 is 2.83 bits per heavy atom. The molecular formula is C18H22FN3O. The zero-order valence-corrected chi connectivity index (χ0v) is 13.2. The highest BCUT2D eigenvalue weighted by Gasteiger charge is 2.15. The Kier molecular flexibility index (Phi) is 5.05. The summed E-state index contributed by atoms with van der Waals surface area (Å²) in [6, 6.07) is 7.98. The van der Waals surface area contributed by atoms with Crippen molar-refractivity contribution in [1.82, 2.24) is 15.1 Å². The van der Waals surface area contributed by atoms with Crippen LogP contribution in [0.25, 0.3) is 5.69 Å². The minimum absolute atomic E-state index is 0.202. The van der Waals surface area contributed by atoms with E-state index in [-0.39, 0.29) is 11.7 Å². The number of nitrogens with one attached hydrogen (secondary N) is 1.